The molecule has 108 valence electrons. The quantitative estimate of drug-likeness (QED) is 0.678. The van der Waals surface area contributed by atoms with Gasteiger partial charge in [0.15, 0.2) is 6.29 Å². The summed E-state index contributed by atoms with van der Waals surface area (Å²) in [6.07, 6.45) is 2.74. The normalized spacial score (nSPS) is 11.2. The van der Waals surface area contributed by atoms with Crippen molar-refractivity contribution in [2.75, 3.05) is 0 Å². The van der Waals surface area contributed by atoms with Crippen LogP contribution < -0.4 is 0 Å². The van der Waals surface area contributed by atoms with Crippen LogP contribution in [0.1, 0.15) is 34.4 Å². The number of aryl methyl sites for hydroxylation is 2. The van der Waals surface area contributed by atoms with E-state index in [0.29, 0.717) is 16.4 Å². The summed E-state index contributed by atoms with van der Waals surface area (Å²) in [5, 5.41) is 6.18. The SMILES string of the molecule is CCCc1nn2c(C=O)c(-c3ccc(Cl)c(C)c3)nc2s1. The molecule has 4 nitrogen and oxygen atoms in total. The molecule has 0 radical (unpaired) electrons. The zero-order valence-corrected chi connectivity index (χ0v) is 13.3. The van der Waals surface area contributed by atoms with Gasteiger partial charge >= 0.3 is 0 Å². The second-order valence-electron chi connectivity index (χ2n) is 4.87. The van der Waals surface area contributed by atoms with Gasteiger partial charge in [0.2, 0.25) is 4.96 Å². The maximum absolute atomic E-state index is 11.5. The summed E-state index contributed by atoms with van der Waals surface area (Å²) >= 11 is 7.58. The minimum Gasteiger partial charge on any atom is -0.296 e. The van der Waals surface area contributed by atoms with Gasteiger partial charge in [0, 0.05) is 17.0 Å². The van der Waals surface area contributed by atoms with Gasteiger partial charge in [-0.05, 0) is 31.0 Å². The Kier molecular flexibility index (Phi) is 3.78. The van der Waals surface area contributed by atoms with Crippen molar-refractivity contribution < 1.29 is 4.79 Å². The van der Waals surface area contributed by atoms with Crippen molar-refractivity contribution in [3.8, 4) is 11.3 Å². The van der Waals surface area contributed by atoms with Crippen molar-refractivity contribution >= 4 is 34.2 Å². The summed E-state index contributed by atoms with van der Waals surface area (Å²) in [6.45, 7) is 4.04. The fourth-order valence-corrected chi connectivity index (χ4v) is 3.35. The summed E-state index contributed by atoms with van der Waals surface area (Å²) in [5.74, 6) is 0. The number of hydrogen-bond acceptors (Lipinski definition) is 4. The maximum atomic E-state index is 11.5. The smallest absolute Gasteiger partial charge is 0.213 e. The third-order valence-electron chi connectivity index (χ3n) is 3.29. The van der Waals surface area contributed by atoms with Gasteiger partial charge < -0.3 is 0 Å². The molecule has 3 rings (SSSR count). The molecule has 2 heterocycles. The van der Waals surface area contributed by atoms with Crippen LogP contribution in [-0.4, -0.2) is 20.9 Å². The second-order valence-corrected chi connectivity index (χ2v) is 6.32. The summed E-state index contributed by atoms with van der Waals surface area (Å²) in [4.78, 5) is 16.8. The zero-order chi connectivity index (χ0) is 15.0. The van der Waals surface area contributed by atoms with E-state index in [2.05, 4.69) is 17.0 Å². The average Bonchev–Trinajstić information content (AvgIpc) is 2.99. The van der Waals surface area contributed by atoms with E-state index in [-0.39, 0.29) is 0 Å². The van der Waals surface area contributed by atoms with Crippen LogP contribution in [0.25, 0.3) is 16.2 Å². The Balaban J connectivity index is 2.15. The van der Waals surface area contributed by atoms with Crippen LogP contribution in [0.2, 0.25) is 5.02 Å². The van der Waals surface area contributed by atoms with Gasteiger partial charge in [0.05, 0.1) is 0 Å². The number of benzene rings is 1. The Labute approximate surface area is 131 Å². The van der Waals surface area contributed by atoms with Gasteiger partial charge in [-0.15, -0.1) is 0 Å². The Morgan fingerprint density at radius 2 is 2.24 bits per heavy atom. The molecule has 0 spiro atoms. The second kappa shape index (κ2) is 5.58. The monoisotopic (exact) mass is 319 g/mol. The molecule has 0 N–H and O–H groups in total. The van der Waals surface area contributed by atoms with Gasteiger partial charge in [-0.1, -0.05) is 35.9 Å². The Hall–Kier alpha value is -1.72. The lowest BCUT2D eigenvalue weighted by atomic mass is 10.1. The van der Waals surface area contributed by atoms with E-state index < -0.39 is 0 Å². The highest BCUT2D eigenvalue weighted by atomic mass is 35.5. The molecule has 1 aromatic carbocycles. The van der Waals surface area contributed by atoms with E-state index >= 15 is 0 Å². The fraction of sp³-hybridized carbons (Fsp3) is 0.267. The highest BCUT2D eigenvalue weighted by Gasteiger charge is 2.17. The molecular formula is C15H14ClN3OS. The first kappa shape index (κ1) is 14.2. The van der Waals surface area contributed by atoms with Crippen LogP contribution in [0.5, 0.6) is 0 Å². The minimum atomic E-state index is 0.491. The zero-order valence-electron chi connectivity index (χ0n) is 11.8. The first-order chi connectivity index (χ1) is 10.1. The highest BCUT2D eigenvalue weighted by Crippen LogP contribution is 2.29. The van der Waals surface area contributed by atoms with Crippen molar-refractivity contribution in [1.29, 1.82) is 0 Å². The lowest BCUT2D eigenvalue weighted by Crippen LogP contribution is -1.95. The van der Waals surface area contributed by atoms with E-state index in [4.69, 9.17) is 11.6 Å². The molecule has 2 aromatic heterocycles. The van der Waals surface area contributed by atoms with Crippen molar-refractivity contribution in [3.05, 3.63) is 39.5 Å². The third kappa shape index (κ3) is 2.47. The molecule has 6 heteroatoms. The molecule has 0 saturated heterocycles. The standard InChI is InChI=1S/C15H14ClN3OS/c1-3-4-13-18-19-12(8-20)14(17-15(19)21-13)10-5-6-11(16)9(2)7-10/h5-8H,3-4H2,1-2H3. The predicted molar refractivity (Wildman–Crippen MR) is 85.4 cm³/mol. The number of halogens is 1. The van der Waals surface area contributed by atoms with Crippen LogP contribution in [0.4, 0.5) is 0 Å². The van der Waals surface area contributed by atoms with Crippen LogP contribution in [0.15, 0.2) is 18.2 Å². The summed E-state index contributed by atoms with van der Waals surface area (Å²) in [5.41, 5.74) is 2.99. The van der Waals surface area contributed by atoms with Crippen molar-refractivity contribution in [2.24, 2.45) is 0 Å². The molecule has 0 aliphatic carbocycles. The number of fused-ring (bicyclic) bond motifs is 1. The first-order valence-corrected chi connectivity index (χ1v) is 7.93. The van der Waals surface area contributed by atoms with Gasteiger partial charge in [-0.3, -0.25) is 4.79 Å². The van der Waals surface area contributed by atoms with Crippen LogP contribution in [-0.2, 0) is 6.42 Å². The molecule has 0 atom stereocenters. The molecular weight excluding hydrogens is 306 g/mol. The molecule has 0 aliphatic rings. The van der Waals surface area contributed by atoms with Crippen molar-refractivity contribution in [2.45, 2.75) is 26.7 Å². The summed E-state index contributed by atoms with van der Waals surface area (Å²) in [7, 11) is 0. The van der Waals surface area contributed by atoms with E-state index in [1.165, 1.54) is 11.3 Å². The molecule has 0 unspecified atom stereocenters. The number of aromatic nitrogens is 3. The van der Waals surface area contributed by atoms with E-state index in [1.807, 2.05) is 25.1 Å². The van der Waals surface area contributed by atoms with Gasteiger partial charge in [0.25, 0.3) is 0 Å². The first-order valence-electron chi connectivity index (χ1n) is 6.74. The average molecular weight is 320 g/mol. The van der Waals surface area contributed by atoms with Gasteiger partial charge in [-0.25, -0.2) is 4.98 Å². The molecule has 0 aliphatic heterocycles. The lowest BCUT2D eigenvalue weighted by Gasteiger charge is -2.02. The number of hydrogen-bond donors (Lipinski definition) is 0. The Bertz CT molecular complexity index is 822. The topological polar surface area (TPSA) is 47.3 Å². The van der Waals surface area contributed by atoms with Crippen LogP contribution in [0, 0.1) is 6.92 Å². The number of nitrogens with zero attached hydrogens (tertiary/aromatic N) is 3. The number of imidazole rings is 1. The third-order valence-corrected chi connectivity index (χ3v) is 4.68. The van der Waals surface area contributed by atoms with Gasteiger partial charge in [-0.2, -0.15) is 9.61 Å². The molecule has 3 aromatic rings. The van der Waals surface area contributed by atoms with Crippen molar-refractivity contribution in [1.82, 2.24) is 14.6 Å². The predicted octanol–water partition coefficient (Wildman–Crippen LogP) is 4.18. The molecule has 0 fully saturated rings. The number of carbonyl (C=O) groups is 1. The number of aldehydes is 1. The summed E-state index contributed by atoms with van der Waals surface area (Å²) < 4.78 is 1.64. The van der Waals surface area contributed by atoms with Crippen LogP contribution >= 0.6 is 22.9 Å². The highest BCUT2D eigenvalue weighted by molar-refractivity contribution is 7.16. The lowest BCUT2D eigenvalue weighted by molar-refractivity contribution is 0.111. The Morgan fingerprint density at radius 3 is 2.90 bits per heavy atom. The maximum Gasteiger partial charge on any atom is 0.213 e. The van der Waals surface area contributed by atoms with Crippen LogP contribution in [0.3, 0.4) is 0 Å². The molecule has 21 heavy (non-hydrogen) atoms. The fourth-order valence-electron chi connectivity index (χ4n) is 2.23. The Morgan fingerprint density at radius 1 is 1.43 bits per heavy atom. The summed E-state index contributed by atoms with van der Waals surface area (Å²) in [6, 6.07) is 5.64. The number of carbonyl (C=O) groups excluding carboxylic acids is 1. The molecule has 0 bridgehead atoms. The van der Waals surface area contributed by atoms with Gasteiger partial charge in [0.1, 0.15) is 16.4 Å². The minimum absolute atomic E-state index is 0.491. The molecule has 0 amide bonds. The molecule has 0 saturated carbocycles. The largest absolute Gasteiger partial charge is 0.296 e. The number of rotatable bonds is 4. The van der Waals surface area contributed by atoms with E-state index in [1.54, 1.807) is 4.52 Å². The van der Waals surface area contributed by atoms with E-state index in [0.717, 1.165) is 40.2 Å². The van der Waals surface area contributed by atoms with E-state index in [9.17, 15) is 4.79 Å². The van der Waals surface area contributed by atoms with Crippen molar-refractivity contribution in [3.63, 3.8) is 0 Å².